The molecular weight excluding hydrogens is 266 g/mol. The average molecular weight is 285 g/mol. The van der Waals surface area contributed by atoms with Crippen LogP contribution in [0, 0.1) is 12.8 Å². The number of carbonyl (C=O) groups is 1. The van der Waals surface area contributed by atoms with Crippen molar-refractivity contribution in [1.82, 2.24) is 24.4 Å². The topological polar surface area (TPSA) is 63.9 Å². The van der Waals surface area contributed by atoms with Crippen LogP contribution in [0.15, 0.2) is 31.0 Å². The lowest BCUT2D eigenvalue weighted by atomic mass is 9.97. The number of hydrogen-bond donors (Lipinski definition) is 0. The summed E-state index contributed by atoms with van der Waals surface area (Å²) < 4.78 is 2.15. The van der Waals surface area contributed by atoms with E-state index in [1.165, 1.54) is 6.20 Å². The number of amides is 1. The van der Waals surface area contributed by atoms with Crippen molar-refractivity contribution in [2.45, 2.75) is 26.3 Å². The lowest BCUT2D eigenvalue weighted by Crippen LogP contribution is -2.41. The van der Waals surface area contributed by atoms with E-state index in [0.29, 0.717) is 11.6 Å². The molecule has 3 rings (SSSR count). The highest BCUT2D eigenvalue weighted by atomic mass is 16.2. The number of hydrogen-bond acceptors (Lipinski definition) is 4. The van der Waals surface area contributed by atoms with Crippen LogP contribution >= 0.6 is 0 Å². The lowest BCUT2D eigenvalue weighted by Gasteiger charge is -2.32. The summed E-state index contributed by atoms with van der Waals surface area (Å²) in [7, 11) is 0. The standard InChI is InChI=1S/C15H19N5O/c1-12-17-6-8-19(12)10-13-3-2-7-20(11-13)15(21)14-9-16-4-5-18-14/h4-6,8-9,13H,2-3,7,10-11H2,1H3/t13-/m0/s1. The molecular formula is C15H19N5O. The van der Waals surface area contributed by atoms with Crippen molar-refractivity contribution in [2.24, 2.45) is 5.92 Å². The molecule has 3 heterocycles. The molecule has 6 heteroatoms. The Balaban J connectivity index is 1.66. The number of aromatic nitrogens is 4. The third-order valence-corrected chi connectivity index (χ3v) is 3.97. The Morgan fingerprint density at radius 3 is 2.95 bits per heavy atom. The van der Waals surface area contributed by atoms with Crippen molar-refractivity contribution in [2.75, 3.05) is 13.1 Å². The summed E-state index contributed by atoms with van der Waals surface area (Å²) in [5.74, 6) is 1.47. The van der Waals surface area contributed by atoms with Crippen LogP contribution in [-0.2, 0) is 6.54 Å². The third-order valence-electron chi connectivity index (χ3n) is 3.97. The van der Waals surface area contributed by atoms with Crippen molar-refractivity contribution in [3.63, 3.8) is 0 Å². The molecule has 6 nitrogen and oxygen atoms in total. The molecule has 0 spiro atoms. The fourth-order valence-electron chi connectivity index (χ4n) is 2.84. The Labute approximate surface area is 123 Å². The zero-order valence-corrected chi connectivity index (χ0v) is 12.1. The minimum atomic E-state index is -0.0184. The monoisotopic (exact) mass is 285 g/mol. The molecule has 0 aliphatic carbocycles. The summed E-state index contributed by atoms with van der Waals surface area (Å²) in [6.07, 6.45) is 10.7. The van der Waals surface area contributed by atoms with E-state index in [4.69, 9.17) is 0 Å². The lowest BCUT2D eigenvalue weighted by molar-refractivity contribution is 0.0655. The van der Waals surface area contributed by atoms with E-state index in [9.17, 15) is 4.79 Å². The summed E-state index contributed by atoms with van der Waals surface area (Å²) in [6, 6.07) is 0. The largest absolute Gasteiger partial charge is 0.337 e. The molecule has 1 amide bonds. The van der Waals surface area contributed by atoms with Crippen molar-refractivity contribution in [3.8, 4) is 0 Å². The first-order valence-corrected chi connectivity index (χ1v) is 7.27. The summed E-state index contributed by atoms with van der Waals surface area (Å²) in [5.41, 5.74) is 0.428. The molecule has 0 unspecified atom stereocenters. The van der Waals surface area contributed by atoms with Gasteiger partial charge in [0.1, 0.15) is 11.5 Å². The van der Waals surface area contributed by atoms with Crippen LogP contribution in [0.25, 0.3) is 0 Å². The van der Waals surface area contributed by atoms with Gasteiger partial charge in [0.2, 0.25) is 0 Å². The van der Waals surface area contributed by atoms with Gasteiger partial charge >= 0.3 is 0 Å². The van der Waals surface area contributed by atoms with Crippen LogP contribution in [0.4, 0.5) is 0 Å². The fraction of sp³-hybridized carbons (Fsp3) is 0.467. The van der Waals surface area contributed by atoms with Gasteiger partial charge in [-0.2, -0.15) is 0 Å². The molecule has 1 fully saturated rings. The molecule has 2 aromatic rings. The Kier molecular flexibility index (Phi) is 3.94. The van der Waals surface area contributed by atoms with Crippen LogP contribution in [-0.4, -0.2) is 43.4 Å². The number of carbonyl (C=O) groups excluding carboxylic acids is 1. The van der Waals surface area contributed by atoms with E-state index in [-0.39, 0.29) is 5.91 Å². The second-order valence-electron chi connectivity index (χ2n) is 5.48. The summed E-state index contributed by atoms with van der Waals surface area (Å²) in [5, 5.41) is 0. The van der Waals surface area contributed by atoms with E-state index < -0.39 is 0 Å². The van der Waals surface area contributed by atoms with Gasteiger partial charge < -0.3 is 9.47 Å². The van der Waals surface area contributed by atoms with Crippen molar-refractivity contribution < 1.29 is 4.79 Å². The SMILES string of the molecule is Cc1nccn1C[C@@H]1CCCN(C(=O)c2cnccn2)C1. The maximum Gasteiger partial charge on any atom is 0.274 e. The van der Waals surface area contributed by atoms with Crippen molar-refractivity contribution >= 4 is 5.91 Å². The van der Waals surface area contributed by atoms with Crippen LogP contribution in [0.3, 0.4) is 0 Å². The minimum Gasteiger partial charge on any atom is -0.337 e. The molecule has 0 saturated carbocycles. The van der Waals surface area contributed by atoms with E-state index in [0.717, 1.165) is 38.3 Å². The normalized spacial score (nSPS) is 18.7. The molecule has 0 aromatic carbocycles. The van der Waals surface area contributed by atoms with E-state index in [2.05, 4.69) is 19.5 Å². The van der Waals surface area contributed by atoms with Gasteiger partial charge in [-0.1, -0.05) is 0 Å². The Morgan fingerprint density at radius 1 is 1.33 bits per heavy atom. The Hall–Kier alpha value is -2.24. The van der Waals surface area contributed by atoms with Gasteiger partial charge in [-0.25, -0.2) is 9.97 Å². The molecule has 1 aliphatic rings. The maximum absolute atomic E-state index is 12.4. The van der Waals surface area contributed by atoms with Gasteiger partial charge in [-0.3, -0.25) is 9.78 Å². The van der Waals surface area contributed by atoms with Crippen LogP contribution in [0.2, 0.25) is 0 Å². The molecule has 21 heavy (non-hydrogen) atoms. The number of nitrogens with zero attached hydrogens (tertiary/aromatic N) is 5. The number of rotatable bonds is 3. The highest BCUT2D eigenvalue weighted by molar-refractivity contribution is 5.92. The van der Waals surface area contributed by atoms with Gasteiger partial charge in [-0.05, 0) is 25.7 Å². The second kappa shape index (κ2) is 6.03. The quantitative estimate of drug-likeness (QED) is 0.858. The van der Waals surface area contributed by atoms with Crippen molar-refractivity contribution in [1.29, 1.82) is 0 Å². The van der Waals surface area contributed by atoms with Gasteiger partial charge in [0.25, 0.3) is 5.91 Å². The molecule has 1 atom stereocenters. The number of likely N-dealkylation sites (tertiary alicyclic amines) is 1. The molecule has 110 valence electrons. The summed E-state index contributed by atoms with van der Waals surface area (Å²) in [6.45, 7) is 4.49. The van der Waals surface area contributed by atoms with Gasteiger partial charge in [0.05, 0.1) is 6.20 Å². The molecule has 2 aromatic heterocycles. The van der Waals surface area contributed by atoms with Gasteiger partial charge in [-0.15, -0.1) is 0 Å². The smallest absolute Gasteiger partial charge is 0.274 e. The van der Waals surface area contributed by atoms with Gasteiger partial charge in [0, 0.05) is 44.4 Å². The van der Waals surface area contributed by atoms with E-state index >= 15 is 0 Å². The number of aryl methyl sites for hydroxylation is 1. The maximum atomic E-state index is 12.4. The number of piperidine rings is 1. The minimum absolute atomic E-state index is 0.0184. The predicted octanol–water partition coefficient (Wildman–Crippen LogP) is 1.53. The van der Waals surface area contributed by atoms with Crippen LogP contribution in [0.5, 0.6) is 0 Å². The summed E-state index contributed by atoms with van der Waals surface area (Å²) >= 11 is 0. The molecule has 0 bridgehead atoms. The predicted molar refractivity (Wildman–Crippen MR) is 77.6 cm³/mol. The highest BCUT2D eigenvalue weighted by Gasteiger charge is 2.25. The van der Waals surface area contributed by atoms with Crippen LogP contribution < -0.4 is 0 Å². The first-order chi connectivity index (χ1) is 10.2. The van der Waals surface area contributed by atoms with Crippen molar-refractivity contribution in [3.05, 3.63) is 42.5 Å². The molecule has 0 N–H and O–H groups in total. The Bertz CT molecular complexity index is 610. The highest BCUT2D eigenvalue weighted by Crippen LogP contribution is 2.20. The average Bonchev–Trinajstić information content (AvgIpc) is 2.93. The van der Waals surface area contributed by atoms with Gasteiger partial charge in [0.15, 0.2) is 0 Å². The van der Waals surface area contributed by atoms with Crippen LogP contribution in [0.1, 0.15) is 29.2 Å². The molecule has 1 aliphatic heterocycles. The third kappa shape index (κ3) is 3.09. The first kappa shape index (κ1) is 13.7. The molecule has 1 saturated heterocycles. The molecule has 0 radical (unpaired) electrons. The second-order valence-corrected chi connectivity index (χ2v) is 5.48. The fourth-order valence-corrected chi connectivity index (χ4v) is 2.84. The van der Waals surface area contributed by atoms with E-state index in [1.54, 1.807) is 12.4 Å². The zero-order chi connectivity index (χ0) is 14.7. The Morgan fingerprint density at radius 2 is 2.24 bits per heavy atom. The zero-order valence-electron chi connectivity index (χ0n) is 12.1. The first-order valence-electron chi connectivity index (χ1n) is 7.27. The summed E-state index contributed by atoms with van der Waals surface area (Å²) in [4.78, 5) is 26.6. The van der Waals surface area contributed by atoms with E-state index in [1.807, 2.05) is 24.2 Å². The number of imidazole rings is 1.